The molecule has 0 saturated carbocycles. The summed E-state index contributed by atoms with van der Waals surface area (Å²) in [4.78, 5) is 0. The third-order valence-electron chi connectivity index (χ3n) is 2.85. The van der Waals surface area contributed by atoms with Gasteiger partial charge >= 0.3 is 0 Å². The van der Waals surface area contributed by atoms with Gasteiger partial charge in [0.2, 0.25) is 0 Å². The van der Waals surface area contributed by atoms with Crippen molar-refractivity contribution in [2.45, 2.75) is 77.0 Å². The van der Waals surface area contributed by atoms with Crippen LogP contribution in [-0.2, 0) is 0 Å². The molecule has 0 aromatic carbocycles. The first kappa shape index (κ1) is 18.2. The highest BCUT2D eigenvalue weighted by molar-refractivity contribution is 5.00. The summed E-state index contributed by atoms with van der Waals surface area (Å²) in [5.74, 6) is 18.1. The third-order valence-corrected chi connectivity index (χ3v) is 2.85. The Labute approximate surface area is 126 Å². The predicted octanol–water partition coefficient (Wildman–Crippen LogP) is 4.94. The lowest BCUT2D eigenvalue weighted by Crippen LogP contribution is -1.76. The summed E-state index contributed by atoms with van der Waals surface area (Å²) < 4.78 is 0. The molecule has 0 radical (unpaired) electrons. The average Bonchev–Trinajstić information content (AvgIpc) is 2.47. The second-order valence-corrected chi connectivity index (χ2v) is 4.74. The largest absolute Gasteiger partial charge is 0.120 e. The van der Waals surface area contributed by atoms with Crippen LogP contribution in [-0.4, -0.2) is 0 Å². The molecule has 0 nitrogen and oxygen atoms in total. The molecular formula is C20H26. The van der Waals surface area contributed by atoms with E-state index in [1.165, 1.54) is 0 Å². The molecular weight excluding hydrogens is 240 g/mol. The van der Waals surface area contributed by atoms with Gasteiger partial charge in [0.05, 0.1) is 0 Å². The van der Waals surface area contributed by atoms with E-state index in [0.717, 1.165) is 77.0 Å². The summed E-state index contributed by atoms with van der Waals surface area (Å²) >= 11 is 0. The number of rotatable bonds is 9. The molecule has 0 rings (SSSR count). The zero-order chi connectivity index (χ0) is 14.7. The smallest absolute Gasteiger partial charge is 0.00890 e. The molecule has 106 valence electrons. The Morgan fingerprint density at radius 2 is 0.650 bits per heavy atom. The molecule has 0 aliphatic carbocycles. The lowest BCUT2D eigenvalue weighted by Gasteiger charge is -1.91. The molecule has 0 amide bonds. The summed E-state index contributed by atoms with van der Waals surface area (Å²) in [5.41, 5.74) is 0. The third kappa shape index (κ3) is 16.2. The quantitative estimate of drug-likeness (QED) is 0.409. The Balaban J connectivity index is 3.24. The topological polar surface area (TPSA) is 0 Å². The van der Waals surface area contributed by atoms with E-state index in [1.54, 1.807) is 0 Å². The van der Waals surface area contributed by atoms with E-state index in [9.17, 15) is 0 Å². The molecule has 0 atom stereocenters. The van der Waals surface area contributed by atoms with Crippen LogP contribution in [0.15, 0.2) is 0 Å². The van der Waals surface area contributed by atoms with Crippen molar-refractivity contribution in [2.24, 2.45) is 0 Å². The zero-order valence-corrected chi connectivity index (χ0v) is 12.6. The SMILES string of the molecule is C#CCCCCC#CCCCCC#CCCCCC#C. The van der Waals surface area contributed by atoms with Crippen LogP contribution < -0.4 is 0 Å². The van der Waals surface area contributed by atoms with Gasteiger partial charge in [0.15, 0.2) is 0 Å². The number of hydrogen-bond donors (Lipinski definition) is 0. The first-order valence-corrected chi connectivity index (χ1v) is 7.70. The van der Waals surface area contributed by atoms with E-state index in [0.29, 0.717) is 0 Å². The Morgan fingerprint density at radius 3 is 0.900 bits per heavy atom. The average molecular weight is 266 g/mol. The maximum atomic E-state index is 5.18. The molecule has 0 fully saturated rings. The zero-order valence-electron chi connectivity index (χ0n) is 12.6. The molecule has 0 unspecified atom stereocenters. The fourth-order valence-electron chi connectivity index (χ4n) is 1.66. The monoisotopic (exact) mass is 266 g/mol. The Kier molecular flexibility index (Phi) is 15.7. The second-order valence-electron chi connectivity index (χ2n) is 4.74. The van der Waals surface area contributed by atoms with E-state index in [2.05, 4.69) is 35.5 Å². The molecule has 0 N–H and O–H groups in total. The Morgan fingerprint density at radius 1 is 0.400 bits per heavy atom. The van der Waals surface area contributed by atoms with Gasteiger partial charge in [0, 0.05) is 38.5 Å². The fourth-order valence-corrected chi connectivity index (χ4v) is 1.66. The second kappa shape index (κ2) is 17.2. The lowest BCUT2D eigenvalue weighted by molar-refractivity contribution is 0.768. The van der Waals surface area contributed by atoms with Crippen LogP contribution in [0.1, 0.15) is 77.0 Å². The van der Waals surface area contributed by atoms with Gasteiger partial charge in [0.25, 0.3) is 0 Å². The molecule has 0 heterocycles. The molecule has 0 aliphatic heterocycles. The van der Waals surface area contributed by atoms with Gasteiger partial charge in [0.1, 0.15) is 0 Å². The van der Waals surface area contributed by atoms with Crippen molar-refractivity contribution in [3.8, 4) is 48.4 Å². The van der Waals surface area contributed by atoms with Gasteiger partial charge in [-0.05, 0) is 38.5 Å². The van der Waals surface area contributed by atoms with Gasteiger partial charge in [-0.15, -0.1) is 48.4 Å². The van der Waals surface area contributed by atoms with Crippen molar-refractivity contribution in [1.29, 1.82) is 0 Å². The molecule has 0 bridgehead atoms. The summed E-state index contributed by atoms with van der Waals surface area (Å²) in [7, 11) is 0. The molecule has 20 heavy (non-hydrogen) atoms. The van der Waals surface area contributed by atoms with E-state index in [4.69, 9.17) is 12.8 Å². The predicted molar refractivity (Wildman–Crippen MR) is 88.6 cm³/mol. The molecule has 0 heteroatoms. The van der Waals surface area contributed by atoms with Crippen molar-refractivity contribution in [1.82, 2.24) is 0 Å². The van der Waals surface area contributed by atoms with Gasteiger partial charge in [-0.25, -0.2) is 0 Å². The van der Waals surface area contributed by atoms with Crippen molar-refractivity contribution >= 4 is 0 Å². The molecule has 0 spiro atoms. The summed E-state index contributed by atoms with van der Waals surface area (Å²) in [6.45, 7) is 0. The molecule has 0 aliphatic rings. The van der Waals surface area contributed by atoms with Crippen LogP contribution in [0, 0.1) is 48.4 Å². The standard InChI is InChI=1S/C20H26/c1-3-5-7-9-11-13-15-17-19-20-18-16-14-12-10-8-6-4-2/h1-2H,5-12,17-20H2. The van der Waals surface area contributed by atoms with Crippen LogP contribution in [0.3, 0.4) is 0 Å². The van der Waals surface area contributed by atoms with Crippen LogP contribution >= 0.6 is 0 Å². The van der Waals surface area contributed by atoms with E-state index in [1.807, 2.05) is 0 Å². The molecule has 0 aromatic heterocycles. The highest BCUT2D eigenvalue weighted by Gasteiger charge is 1.85. The minimum Gasteiger partial charge on any atom is -0.120 e. The van der Waals surface area contributed by atoms with E-state index < -0.39 is 0 Å². The van der Waals surface area contributed by atoms with E-state index >= 15 is 0 Å². The van der Waals surface area contributed by atoms with Gasteiger partial charge in [-0.1, -0.05) is 0 Å². The van der Waals surface area contributed by atoms with Crippen molar-refractivity contribution in [3.05, 3.63) is 0 Å². The van der Waals surface area contributed by atoms with Gasteiger partial charge in [-0.2, -0.15) is 0 Å². The summed E-state index contributed by atoms with van der Waals surface area (Å²) in [5, 5.41) is 0. The number of hydrogen-bond acceptors (Lipinski definition) is 0. The lowest BCUT2D eigenvalue weighted by atomic mass is 10.1. The van der Waals surface area contributed by atoms with Gasteiger partial charge in [-0.3, -0.25) is 0 Å². The fraction of sp³-hybridized carbons (Fsp3) is 0.600. The normalized spacial score (nSPS) is 8.50. The van der Waals surface area contributed by atoms with Crippen LogP contribution in [0.2, 0.25) is 0 Å². The minimum absolute atomic E-state index is 0.878. The first-order valence-electron chi connectivity index (χ1n) is 7.70. The Hall–Kier alpha value is -1.76. The van der Waals surface area contributed by atoms with E-state index in [-0.39, 0.29) is 0 Å². The highest BCUT2D eigenvalue weighted by Crippen LogP contribution is 2.01. The molecule has 0 aromatic rings. The summed E-state index contributed by atoms with van der Waals surface area (Å²) in [6.07, 6.45) is 22.9. The van der Waals surface area contributed by atoms with Gasteiger partial charge < -0.3 is 0 Å². The van der Waals surface area contributed by atoms with Crippen molar-refractivity contribution in [2.75, 3.05) is 0 Å². The molecule has 0 saturated heterocycles. The Bertz CT molecular complexity index is 363. The van der Waals surface area contributed by atoms with Crippen LogP contribution in [0.25, 0.3) is 0 Å². The van der Waals surface area contributed by atoms with Crippen LogP contribution in [0.5, 0.6) is 0 Å². The summed E-state index contributed by atoms with van der Waals surface area (Å²) in [6, 6.07) is 0. The van der Waals surface area contributed by atoms with Crippen molar-refractivity contribution < 1.29 is 0 Å². The number of unbranched alkanes of at least 4 members (excludes halogenated alkanes) is 9. The minimum atomic E-state index is 0.878. The van der Waals surface area contributed by atoms with Crippen LogP contribution in [0.4, 0.5) is 0 Å². The highest BCUT2D eigenvalue weighted by atomic mass is 13.9. The maximum Gasteiger partial charge on any atom is 0.00890 e. The van der Waals surface area contributed by atoms with Crippen molar-refractivity contribution in [3.63, 3.8) is 0 Å². The maximum absolute atomic E-state index is 5.18. The number of terminal acetylenes is 2. The first-order chi connectivity index (χ1) is 9.91.